The Morgan fingerprint density at radius 2 is 2.00 bits per heavy atom. The number of para-hydroxylation sites is 1. The van der Waals surface area contributed by atoms with Crippen LogP contribution in [0.15, 0.2) is 30.3 Å². The van der Waals surface area contributed by atoms with E-state index >= 15 is 0 Å². The van der Waals surface area contributed by atoms with Crippen LogP contribution in [-0.4, -0.2) is 22.4 Å². The lowest BCUT2D eigenvalue weighted by Crippen LogP contribution is -2.01. The molecule has 1 aliphatic heterocycles. The Hall–Kier alpha value is -0.760. The van der Waals surface area contributed by atoms with Gasteiger partial charge in [0.15, 0.2) is 6.54 Å². The van der Waals surface area contributed by atoms with Crippen LogP contribution in [0, 0.1) is 0 Å². The van der Waals surface area contributed by atoms with Crippen molar-refractivity contribution in [2.45, 2.75) is 0 Å². The molecule has 2 rings (SSSR count). The van der Waals surface area contributed by atoms with Gasteiger partial charge in [0.2, 0.25) is 11.2 Å². The zero-order valence-corrected chi connectivity index (χ0v) is 7.05. The number of nitrogens with zero attached hydrogens (tertiary/aromatic N) is 1. The van der Waals surface area contributed by atoms with Gasteiger partial charge in [-0.2, -0.15) is 4.58 Å². The largest absolute Gasteiger partial charge is 0.205 e. The molecule has 0 bridgehead atoms. The van der Waals surface area contributed by atoms with E-state index < -0.39 is 0 Å². The van der Waals surface area contributed by atoms with Gasteiger partial charge in [0, 0.05) is 12.1 Å². The van der Waals surface area contributed by atoms with Gasteiger partial charge in [0.25, 0.3) is 0 Å². The third-order valence-electron chi connectivity index (χ3n) is 1.74. The van der Waals surface area contributed by atoms with Crippen LogP contribution in [0.25, 0.3) is 0 Å². The molecular formula is C9H10NS+. The second kappa shape index (κ2) is 3.09. The molecule has 0 atom stereocenters. The minimum Gasteiger partial charge on any atom is -0.192 e. The third kappa shape index (κ3) is 1.46. The summed E-state index contributed by atoms with van der Waals surface area (Å²) < 4.78 is 2.28. The number of hydrogen-bond acceptors (Lipinski definition) is 1. The SMILES string of the molecule is C1=[N+](c2ccccc2)CCS1. The summed E-state index contributed by atoms with van der Waals surface area (Å²) in [5.74, 6) is 1.22. The second-order valence-electron chi connectivity index (χ2n) is 2.51. The van der Waals surface area contributed by atoms with Gasteiger partial charge in [0.05, 0.1) is 5.75 Å². The Morgan fingerprint density at radius 1 is 1.18 bits per heavy atom. The molecule has 1 aromatic carbocycles. The maximum absolute atomic E-state index is 2.28. The smallest absolute Gasteiger partial charge is 0.192 e. The summed E-state index contributed by atoms with van der Waals surface area (Å²) >= 11 is 1.88. The molecule has 1 heterocycles. The molecule has 11 heavy (non-hydrogen) atoms. The first-order valence-electron chi connectivity index (χ1n) is 3.73. The molecule has 1 aromatic rings. The van der Waals surface area contributed by atoms with Crippen molar-refractivity contribution in [3.63, 3.8) is 0 Å². The molecule has 0 aliphatic carbocycles. The van der Waals surface area contributed by atoms with Crippen molar-refractivity contribution >= 4 is 23.0 Å². The van der Waals surface area contributed by atoms with Gasteiger partial charge in [-0.05, 0) is 0 Å². The first-order valence-corrected chi connectivity index (χ1v) is 4.78. The lowest BCUT2D eigenvalue weighted by molar-refractivity contribution is -0.423. The van der Waals surface area contributed by atoms with Gasteiger partial charge in [-0.25, -0.2) is 0 Å². The zero-order valence-electron chi connectivity index (χ0n) is 6.23. The molecule has 56 valence electrons. The summed E-state index contributed by atoms with van der Waals surface area (Å²) in [5.41, 5.74) is 3.49. The van der Waals surface area contributed by atoms with Crippen molar-refractivity contribution in [1.29, 1.82) is 0 Å². The molecule has 0 unspecified atom stereocenters. The molecule has 0 fully saturated rings. The lowest BCUT2D eigenvalue weighted by Gasteiger charge is -1.93. The van der Waals surface area contributed by atoms with Crippen molar-refractivity contribution < 1.29 is 4.58 Å². The Labute approximate surface area is 70.7 Å². The van der Waals surface area contributed by atoms with Gasteiger partial charge in [-0.3, -0.25) is 0 Å². The van der Waals surface area contributed by atoms with Crippen LogP contribution in [0.4, 0.5) is 5.69 Å². The van der Waals surface area contributed by atoms with Crippen LogP contribution >= 0.6 is 11.8 Å². The molecule has 0 aromatic heterocycles. The molecule has 0 radical (unpaired) electrons. The molecule has 0 amide bonds. The maximum atomic E-state index is 2.28. The summed E-state index contributed by atoms with van der Waals surface area (Å²) in [6.45, 7) is 1.15. The van der Waals surface area contributed by atoms with E-state index in [1.807, 2.05) is 17.8 Å². The highest BCUT2D eigenvalue weighted by molar-refractivity contribution is 8.12. The predicted octanol–water partition coefficient (Wildman–Crippen LogP) is 2.11. The molecule has 2 heteroatoms. The Bertz CT molecular complexity index is 266. The molecule has 0 spiro atoms. The predicted molar refractivity (Wildman–Crippen MR) is 49.8 cm³/mol. The van der Waals surface area contributed by atoms with Crippen LogP contribution in [0.2, 0.25) is 0 Å². The number of rotatable bonds is 1. The minimum absolute atomic E-state index is 1.15. The summed E-state index contributed by atoms with van der Waals surface area (Å²) in [5, 5.41) is 0. The van der Waals surface area contributed by atoms with Crippen molar-refractivity contribution in [2.75, 3.05) is 12.3 Å². The van der Waals surface area contributed by atoms with Gasteiger partial charge in [-0.15, -0.1) is 0 Å². The molecule has 1 nitrogen and oxygen atoms in total. The van der Waals surface area contributed by atoms with E-state index in [0.29, 0.717) is 0 Å². The van der Waals surface area contributed by atoms with Crippen LogP contribution in [0.1, 0.15) is 0 Å². The van der Waals surface area contributed by atoms with Crippen molar-refractivity contribution in [3.05, 3.63) is 30.3 Å². The summed E-state index contributed by atoms with van der Waals surface area (Å²) in [6.07, 6.45) is 0. The Morgan fingerprint density at radius 3 is 2.64 bits per heavy atom. The molecule has 1 aliphatic rings. The highest BCUT2D eigenvalue weighted by Gasteiger charge is 2.13. The highest BCUT2D eigenvalue weighted by atomic mass is 32.2. The van der Waals surface area contributed by atoms with E-state index in [1.165, 1.54) is 11.4 Å². The fraction of sp³-hybridized carbons (Fsp3) is 0.222. The average molecular weight is 164 g/mol. The van der Waals surface area contributed by atoms with Gasteiger partial charge in [0.1, 0.15) is 0 Å². The molecule has 0 saturated heterocycles. The zero-order chi connectivity index (χ0) is 7.52. The third-order valence-corrected chi connectivity index (χ3v) is 2.56. The topological polar surface area (TPSA) is 3.01 Å². The van der Waals surface area contributed by atoms with Crippen molar-refractivity contribution in [2.24, 2.45) is 0 Å². The molecular weight excluding hydrogens is 154 g/mol. The fourth-order valence-corrected chi connectivity index (χ4v) is 1.97. The fourth-order valence-electron chi connectivity index (χ4n) is 1.16. The van der Waals surface area contributed by atoms with Crippen molar-refractivity contribution in [3.8, 4) is 0 Å². The Kier molecular flexibility index (Phi) is 1.95. The van der Waals surface area contributed by atoms with E-state index in [-0.39, 0.29) is 0 Å². The number of thioether (sulfide) groups is 1. The average Bonchev–Trinajstić information content (AvgIpc) is 2.58. The molecule has 0 saturated carbocycles. The highest BCUT2D eigenvalue weighted by Crippen LogP contribution is 2.15. The van der Waals surface area contributed by atoms with E-state index in [2.05, 4.69) is 34.4 Å². The minimum atomic E-state index is 1.15. The quantitative estimate of drug-likeness (QED) is 0.574. The number of hydrogen-bond donors (Lipinski definition) is 0. The Balaban J connectivity index is 2.29. The second-order valence-corrected chi connectivity index (χ2v) is 3.46. The van der Waals surface area contributed by atoms with Gasteiger partial charge in [-0.1, -0.05) is 30.0 Å². The van der Waals surface area contributed by atoms with E-state index in [1.54, 1.807) is 0 Å². The van der Waals surface area contributed by atoms with Crippen LogP contribution in [-0.2, 0) is 0 Å². The van der Waals surface area contributed by atoms with Gasteiger partial charge < -0.3 is 0 Å². The first-order chi connectivity index (χ1) is 5.47. The van der Waals surface area contributed by atoms with E-state index in [4.69, 9.17) is 0 Å². The van der Waals surface area contributed by atoms with Crippen molar-refractivity contribution in [1.82, 2.24) is 0 Å². The van der Waals surface area contributed by atoms with E-state index in [9.17, 15) is 0 Å². The standard InChI is InChI=1S/C9H10NS/c1-2-4-9(5-3-1)10-6-7-11-8-10/h1-5,8H,6-7H2/q+1. The summed E-state index contributed by atoms with van der Waals surface area (Å²) in [6, 6.07) is 10.5. The number of benzene rings is 1. The van der Waals surface area contributed by atoms with Crippen LogP contribution < -0.4 is 0 Å². The lowest BCUT2D eigenvalue weighted by atomic mass is 10.3. The summed E-state index contributed by atoms with van der Waals surface area (Å²) in [4.78, 5) is 0. The normalized spacial score (nSPS) is 16.5. The monoisotopic (exact) mass is 164 g/mol. The summed E-state index contributed by atoms with van der Waals surface area (Å²) in [7, 11) is 0. The van der Waals surface area contributed by atoms with Crippen LogP contribution in [0.3, 0.4) is 0 Å². The van der Waals surface area contributed by atoms with Gasteiger partial charge >= 0.3 is 0 Å². The van der Waals surface area contributed by atoms with Crippen LogP contribution in [0.5, 0.6) is 0 Å². The molecule has 0 N–H and O–H groups in total. The first kappa shape index (κ1) is 6.92. The van der Waals surface area contributed by atoms with E-state index in [0.717, 1.165) is 6.54 Å². The maximum Gasteiger partial charge on any atom is 0.205 e.